The SMILES string of the molecule is Nc1ccc(C(=O)NCCCCC2=CCCC=C2)cc1. The molecular formula is C17H22N2O. The van der Waals surface area contributed by atoms with E-state index in [4.69, 9.17) is 5.73 Å². The topological polar surface area (TPSA) is 55.1 Å². The number of carbonyl (C=O) groups is 1. The van der Waals surface area contributed by atoms with Crippen LogP contribution in [-0.2, 0) is 0 Å². The highest BCUT2D eigenvalue weighted by Gasteiger charge is 2.04. The summed E-state index contributed by atoms with van der Waals surface area (Å²) in [6, 6.07) is 7.00. The molecule has 106 valence electrons. The van der Waals surface area contributed by atoms with Crippen molar-refractivity contribution in [3.05, 3.63) is 53.6 Å². The fraction of sp³-hybridized carbons (Fsp3) is 0.353. The smallest absolute Gasteiger partial charge is 0.251 e. The van der Waals surface area contributed by atoms with Gasteiger partial charge in [0.2, 0.25) is 0 Å². The normalized spacial score (nSPS) is 13.9. The third-order valence-electron chi connectivity index (χ3n) is 3.42. The first-order valence-electron chi connectivity index (χ1n) is 7.25. The second kappa shape index (κ2) is 7.53. The quantitative estimate of drug-likeness (QED) is 0.614. The van der Waals surface area contributed by atoms with Gasteiger partial charge in [-0.15, -0.1) is 0 Å². The summed E-state index contributed by atoms with van der Waals surface area (Å²) < 4.78 is 0. The van der Waals surface area contributed by atoms with Gasteiger partial charge in [0.15, 0.2) is 0 Å². The van der Waals surface area contributed by atoms with Crippen LogP contribution in [0.4, 0.5) is 5.69 Å². The van der Waals surface area contributed by atoms with Crippen molar-refractivity contribution in [3.63, 3.8) is 0 Å². The van der Waals surface area contributed by atoms with Gasteiger partial charge in [-0.25, -0.2) is 0 Å². The maximum absolute atomic E-state index is 11.8. The molecule has 0 bridgehead atoms. The Balaban J connectivity index is 1.63. The molecule has 0 spiro atoms. The number of rotatable bonds is 6. The van der Waals surface area contributed by atoms with Crippen molar-refractivity contribution in [1.29, 1.82) is 0 Å². The first kappa shape index (κ1) is 14.4. The summed E-state index contributed by atoms with van der Waals surface area (Å²) >= 11 is 0. The van der Waals surface area contributed by atoms with Gasteiger partial charge < -0.3 is 11.1 Å². The second-order valence-electron chi connectivity index (χ2n) is 5.09. The molecule has 3 heteroatoms. The van der Waals surface area contributed by atoms with Gasteiger partial charge in [0.1, 0.15) is 0 Å². The number of nitrogen functional groups attached to an aromatic ring is 1. The Hall–Kier alpha value is -2.03. The molecule has 1 aromatic rings. The van der Waals surface area contributed by atoms with Gasteiger partial charge in [-0.2, -0.15) is 0 Å². The molecule has 1 aliphatic rings. The van der Waals surface area contributed by atoms with Crippen molar-refractivity contribution in [1.82, 2.24) is 5.32 Å². The monoisotopic (exact) mass is 270 g/mol. The molecule has 20 heavy (non-hydrogen) atoms. The van der Waals surface area contributed by atoms with E-state index in [0.29, 0.717) is 11.3 Å². The predicted octanol–water partition coefficient (Wildman–Crippen LogP) is 3.45. The number of unbranched alkanes of at least 4 members (excludes halogenated alkanes) is 1. The molecular weight excluding hydrogens is 248 g/mol. The number of amides is 1. The largest absolute Gasteiger partial charge is 0.399 e. The molecule has 2 rings (SSSR count). The highest BCUT2D eigenvalue weighted by Crippen LogP contribution is 2.15. The Morgan fingerprint density at radius 3 is 2.65 bits per heavy atom. The zero-order chi connectivity index (χ0) is 14.2. The van der Waals surface area contributed by atoms with E-state index < -0.39 is 0 Å². The molecule has 0 saturated heterocycles. The number of carbonyl (C=O) groups excluding carboxylic acids is 1. The van der Waals surface area contributed by atoms with Crippen molar-refractivity contribution in [3.8, 4) is 0 Å². The minimum atomic E-state index is -0.0261. The standard InChI is InChI=1S/C17H22N2O/c18-16-11-9-15(10-12-16)17(20)19-13-5-4-8-14-6-2-1-3-7-14/h2,6-7,9-12H,1,3-5,8,13,18H2,(H,19,20). The lowest BCUT2D eigenvalue weighted by molar-refractivity contribution is 0.0953. The number of nitrogens with one attached hydrogen (secondary N) is 1. The van der Waals surface area contributed by atoms with Crippen molar-refractivity contribution >= 4 is 11.6 Å². The third-order valence-corrected chi connectivity index (χ3v) is 3.42. The van der Waals surface area contributed by atoms with E-state index in [2.05, 4.69) is 23.5 Å². The molecule has 0 aliphatic heterocycles. The van der Waals surface area contributed by atoms with E-state index in [9.17, 15) is 4.79 Å². The Morgan fingerprint density at radius 1 is 1.15 bits per heavy atom. The molecule has 0 fully saturated rings. The van der Waals surface area contributed by atoms with Crippen molar-refractivity contribution in [2.45, 2.75) is 32.1 Å². The van der Waals surface area contributed by atoms with Gasteiger partial charge in [0.25, 0.3) is 5.91 Å². The Kier molecular flexibility index (Phi) is 5.42. The number of benzene rings is 1. The molecule has 1 aromatic carbocycles. The number of nitrogens with two attached hydrogens (primary N) is 1. The predicted molar refractivity (Wildman–Crippen MR) is 83.5 cm³/mol. The summed E-state index contributed by atoms with van der Waals surface area (Å²) in [6.45, 7) is 0.722. The van der Waals surface area contributed by atoms with E-state index in [1.165, 1.54) is 18.4 Å². The molecule has 0 saturated carbocycles. The maximum atomic E-state index is 11.8. The van der Waals surface area contributed by atoms with Gasteiger partial charge in [-0.1, -0.05) is 23.8 Å². The van der Waals surface area contributed by atoms with Gasteiger partial charge in [-0.3, -0.25) is 4.79 Å². The lowest BCUT2D eigenvalue weighted by Gasteiger charge is -2.08. The van der Waals surface area contributed by atoms with E-state index in [0.717, 1.165) is 25.8 Å². The molecule has 1 aliphatic carbocycles. The molecule has 0 aromatic heterocycles. The highest BCUT2D eigenvalue weighted by molar-refractivity contribution is 5.94. The fourth-order valence-electron chi connectivity index (χ4n) is 2.25. The zero-order valence-electron chi connectivity index (χ0n) is 11.8. The van der Waals surface area contributed by atoms with Crippen LogP contribution in [-0.4, -0.2) is 12.5 Å². The molecule has 3 nitrogen and oxygen atoms in total. The summed E-state index contributed by atoms with van der Waals surface area (Å²) in [7, 11) is 0. The molecule has 0 heterocycles. The Morgan fingerprint density at radius 2 is 1.95 bits per heavy atom. The van der Waals surface area contributed by atoms with E-state index in [1.54, 1.807) is 24.3 Å². The summed E-state index contributed by atoms with van der Waals surface area (Å²) in [5.74, 6) is -0.0261. The van der Waals surface area contributed by atoms with Crippen LogP contribution in [0.2, 0.25) is 0 Å². The van der Waals surface area contributed by atoms with Crippen LogP contribution in [0, 0.1) is 0 Å². The van der Waals surface area contributed by atoms with Crippen molar-refractivity contribution in [2.75, 3.05) is 12.3 Å². The van der Waals surface area contributed by atoms with E-state index >= 15 is 0 Å². The van der Waals surface area contributed by atoms with E-state index in [1.807, 2.05) is 0 Å². The summed E-state index contributed by atoms with van der Waals surface area (Å²) in [5.41, 5.74) is 8.37. The first-order chi connectivity index (χ1) is 9.75. The number of hydrogen-bond donors (Lipinski definition) is 2. The number of anilines is 1. The maximum Gasteiger partial charge on any atom is 0.251 e. The second-order valence-corrected chi connectivity index (χ2v) is 5.09. The molecule has 0 atom stereocenters. The minimum absolute atomic E-state index is 0.0261. The van der Waals surface area contributed by atoms with Crippen LogP contribution in [0.15, 0.2) is 48.1 Å². The van der Waals surface area contributed by atoms with Gasteiger partial charge in [0.05, 0.1) is 0 Å². The third kappa shape index (κ3) is 4.57. The average molecular weight is 270 g/mol. The average Bonchev–Trinajstić information content (AvgIpc) is 2.48. The van der Waals surface area contributed by atoms with Crippen molar-refractivity contribution < 1.29 is 4.79 Å². The minimum Gasteiger partial charge on any atom is -0.399 e. The lowest BCUT2D eigenvalue weighted by atomic mass is 10.0. The number of hydrogen-bond acceptors (Lipinski definition) is 2. The van der Waals surface area contributed by atoms with Gasteiger partial charge >= 0.3 is 0 Å². The Labute approximate surface area is 120 Å². The van der Waals surface area contributed by atoms with Crippen molar-refractivity contribution in [2.24, 2.45) is 0 Å². The summed E-state index contributed by atoms with van der Waals surface area (Å²) in [6.07, 6.45) is 12.3. The molecule has 3 N–H and O–H groups in total. The van der Waals surface area contributed by atoms with Gasteiger partial charge in [-0.05, 0) is 56.4 Å². The van der Waals surface area contributed by atoms with E-state index in [-0.39, 0.29) is 5.91 Å². The molecule has 0 radical (unpaired) electrons. The lowest BCUT2D eigenvalue weighted by Crippen LogP contribution is -2.24. The number of allylic oxidation sites excluding steroid dienone is 4. The molecule has 1 amide bonds. The first-order valence-corrected chi connectivity index (χ1v) is 7.25. The molecule has 0 unspecified atom stereocenters. The summed E-state index contributed by atoms with van der Waals surface area (Å²) in [5, 5.41) is 2.94. The van der Waals surface area contributed by atoms with Crippen LogP contribution in [0.1, 0.15) is 42.5 Å². The zero-order valence-corrected chi connectivity index (χ0v) is 11.8. The fourth-order valence-corrected chi connectivity index (χ4v) is 2.25. The summed E-state index contributed by atoms with van der Waals surface area (Å²) in [4.78, 5) is 11.8. The van der Waals surface area contributed by atoms with Crippen LogP contribution in [0.3, 0.4) is 0 Å². The van der Waals surface area contributed by atoms with Crippen LogP contribution >= 0.6 is 0 Å². The van der Waals surface area contributed by atoms with Crippen LogP contribution in [0.5, 0.6) is 0 Å². The van der Waals surface area contributed by atoms with Gasteiger partial charge in [0, 0.05) is 17.8 Å². The highest BCUT2D eigenvalue weighted by atomic mass is 16.1. The van der Waals surface area contributed by atoms with Crippen LogP contribution in [0.25, 0.3) is 0 Å². The Bertz CT molecular complexity index is 500. The van der Waals surface area contributed by atoms with Crippen LogP contribution < -0.4 is 11.1 Å².